The summed E-state index contributed by atoms with van der Waals surface area (Å²) in [7, 11) is 0. The number of ether oxygens (including phenoxy) is 1. The van der Waals surface area contributed by atoms with Crippen LogP contribution in [0.2, 0.25) is 5.02 Å². The number of pyridine rings is 1. The average molecular weight is 448 g/mol. The van der Waals surface area contributed by atoms with Gasteiger partial charge in [0, 0.05) is 11.1 Å². The molecule has 0 N–H and O–H groups in total. The van der Waals surface area contributed by atoms with Crippen molar-refractivity contribution < 1.29 is 9.13 Å². The van der Waals surface area contributed by atoms with E-state index in [1.54, 1.807) is 24.3 Å². The van der Waals surface area contributed by atoms with Crippen molar-refractivity contribution in [1.82, 2.24) is 14.5 Å². The van der Waals surface area contributed by atoms with Crippen molar-refractivity contribution in [2.45, 2.75) is 18.6 Å². The van der Waals surface area contributed by atoms with Gasteiger partial charge in [0.25, 0.3) is 0 Å². The van der Waals surface area contributed by atoms with Gasteiger partial charge in [0.1, 0.15) is 23.2 Å². The molecule has 0 saturated carbocycles. The van der Waals surface area contributed by atoms with E-state index in [1.807, 2.05) is 18.4 Å². The second kappa shape index (κ2) is 8.52. The molecule has 0 amide bonds. The van der Waals surface area contributed by atoms with Crippen molar-refractivity contribution in [1.29, 1.82) is 0 Å². The van der Waals surface area contributed by atoms with E-state index in [4.69, 9.17) is 16.3 Å². The molecule has 148 valence electrons. The zero-order valence-electron chi connectivity index (χ0n) is 15.3. The summed E-state index contributed by atoms with van der Waals surface area (Å²) in [6.45, 7) is 2.12. The number of nitrogens with zero attached hydrogens (tertiary/aromatic N) is 3. The summed E-state index contributed by atoms with van der Waals surface area (Å²) in [6, 6.07) is 9.81. The van der Waals surface area contributed by atoms with E-state index < -0.39 is 5.82 Å². The van der Waals surface area contributed by atoms with Gasteiger partial charge in [0.05, 0.1) is 27.8 Å². The van der Waals surface area contributed by atoms with Crippen LogP contribution in [0.5, 0.6) is 5.75 Å². The van der Waals surface area contributed by atoms with E-state index in [-0.39, 0.29) is 12.3 Å². The van der Waals surface area contributed by atoms with Gasteiger partial charge in [-0.05, 0) is 41.5 Å². The summed E-state index contributed by atoms with van der Waals surface area (Å²) in [6.07, 6.45) is 1.13. The van der Waals surface area contributed by atoms with Crippen LogP contribution in [0.3, 0.4) is 0 Å². The molecular formula is C20H15ClFN3O2S2. The van der Waals surface area contributed by atoms with E-state index in [1.165, 1.54) is 33.7 Å². The summed E-state index contributed by atoms with van der Waals surface area (Å²) < 4.78 is 21.4. The van der Waals surface area contributed by atoms with Gasteiger partial charge in [-0.25, -0.2) is 9.18 Å². The van der Waals surface area contributed by atoms with Crippen molar-refractivity contribution in [2.75, 3.05) is 5.75 Å². The number of hydrogen-bond acceptors (Lipinski definition) is 6. The third-order valence-electron chi connectivity index (χ3n) is 4.08. The van der Waals surface area contributed by atoms with Gasteiger partial charge in [-0.15, -0.1) is 23.1 Å². The van der Waals surface area contributed by atoms with E-state index in [9.17, 15) is 9.18 Å². The van der Waals surface area contributed by atoms with E-state index >= 15 is 0 Å². The highest BCUT2D eigenvalue weighted by Crippen LogP contribution is 2.33. The maximum absolute atomic E-state index is 13.1. The number of thioether (sulfide) groups is 1. The quantitative estimate of drug-likeness (QED) is 0.295. The standard InChI is InChI=1S/C20H15ClFN3O2S2/c1-2-28-19-18-16(7-8-29-18)25(20(26)24-19)15-6-3-12(21)9-17(15)27-11-14-5-4-13(22)10-23-14/h3-10H,2,11H2,1H3. The largest absolute Gasteiger partial charge is 0.485 e. The SMILES string of the molecule is CCSc1nc(=O)n(-c2ccc(Cl)cc2OCc2ccc(F)cn2)c2ccsc12. The minimum absolute atomic E-state index is 0.104. The molecule has 0 spiro atoms. The fourth-order valence-electron chi connectivity index (χ4n) is 2.83. The highest BCUT2D eigenvalue weighted by molar-refractivity contribution is 7.99. The first kappa shape index (κ1) is 19.9. The molecule has 0 aliphatic rings. The maximum atomic E-state index is 13.1. The number of aromatic nitrogens is 3. The van der Waals surface area contributed by atoms with Crippen molar-refractivity contribution in [3.63, 3.8) is 0 Å². The second-order valence-corrected chi connectivity index (χ2v) is 8.58. The molecule has 0 aliphatic heterocycles. The van der Waals surface area contributed by atoms with E-state index in [0.29, 0.717) is 22.2 Å². The number of halogens is 2. The van der Waals surface area contributed by atoms with Crippen LogP contribution in [0.15, 0.2) is 57.8 Å². The fraction of sp³-hybridized carbons (Fsp3) is 0.150. The lowest BCUT2D eigenvalue weighted by Crippen LogP contribution is -2.22. The average Bonchev–Trinajstić information content (AvgIpc) is 3.19. The Morgan fingerprint density at radius 2 is 2.14 bits per heavy atom. The smallest absolute Gasteiger partial charge is 0.353 e. The minimum Gasteiger partial charge on any atom is -0.485 e. The van der Waals surface area contributed by atoms with Crippen molar-refractivity contribution in [3.05, 3.63) is 75.0 Å². The molecule has 0 unspecified atom stereocenters. The minimum atomic E-state index is -0.417. The molecule has 4 rings (SSSR count). The van der Waals surface area contributed by atoms with Gasteiger partial charge in [-0.1, -0.05) is 18.5 Å². The summed E-state index contributed by atoms with van der Waals surface area (Å²) in [5, 5.41) is 3.13. The van der Waals surface area contributed by atoms with Crippen molar-refractivity contribution in [3.8, 4) is 11.4 Å². The van der Waals surface area contributed by atoms with Crippen LogP contribution in [0.1, 0.15) is 12.6 Å². The number of thiophene rings is 1. The van der Waals surface area contributed by atoms with Crippen LogP contribution < -0.4 is 10.4 Å². The van der Waals surface area contributed by atoms with Gasteiger partial charge in [-0.3, -0.25) is 9.55 Å². The molecule has 0 atom stereocenters. The predicted molar refractivity (Wildman–Crippen MR) is 115 cm³/mol. The highest BCUT2D eigenvalue weighted by Gasteiger charge is 2.17. The molecular weight excluding hydrogens is 433 g/mol. The summed E-state index contributed by atoms with van der Waals surface area (Å²) in [4.78, 5) is 21.1. The molecule has 9 heteroatoms. The lowest BCUT2D eigenvalue weighted by Gasteiger charge is -2.15. The normalized spacial score (nSPS) is 11.1. The topological polar surface area (TPSA) is 57.0 Å². The molecule has 5 nitrogen and oxygen atoms in total. The van der Waals surface area contributed by atoms with Gasteiger partial charge in [0.2, 0.25) is 0 Å². The van der Waals surface area contributed by atoms with Gasteiger partial charge >= 0.3 is 5.69 Å². The Morgan fingerprint density at radius 1 is 1.28 bits per heavy atom. The zero-order chi connectivity index (χ0) is 20.4. The molecule has 3 heterocycles. The first-order valence-electron chi connectivity index (χ1n) is 8.73. The summed E-state index contributed by atoms with van der Waals surface area (Å²) in [5.74, 6) is 0.819. The molecule has 0 radical (unpaired) electrons. The Balaban J connectivity index is 1.79. The molecule has 29 heavy (non-hydrogen) atoms. The lowest BCUT2D eigenvalue weighted by atomic mass is 10.2. The zero-order valence-corrected chi connectivity index (χ0v) is 17.7. The van der Waals surface area contributed by atoms with Gasteiger partial charge in [-0.2, -0.15) is 4.98 Å². The third-order valence-corrected chi connectivity index (χ3v) is 6.21. The highest BCUT2D eigenvalue weighted by atomic mass is 35.5. The first-order valence-corrected chi connectivity index (χ1v) is 11.0. The van der Waals surface area contributed by atoms with Crippen LogP contribution in [-0.2, 0) is 6.61 Å². The third kappa shape index (κ3) is 4.14. The Morgan fingerprint density at radius 3 is 2.90 bits per heavy atom. The Bertz CT molecular complexity index is 1220. The molecule has 1 aromatic carbocycles. The maximum Gasteiger partial charge on any atom is 0.353 e. The fourth-order valence-corrected chi connectivity index (χ4v) is 4.72. The molecule has 4 aromatic rings. The van der Waals surface area contributed by atoms with E-state index in [2.05, 4.69) is 9.97 Å². The van der Waals surface area contributed by atoms with Crippen LogP contribution in [0.25, 0.3) is 15.9 Å². The predicted octanol–water partition coefficient (Wildman–Crippen LogP) is 5.33. The molecule has 0 bridgehead atoms. The van der Waals surface area contributed by atoms with Crippen LogP contribution in [-0.4, -0.2) is 20.3 Å². The lowest BCUT2D eigenvalue weighted by molar-refractivity contribution is 0.300. The Hall–Kier alpha value is -2.42. The summed E-state index contributed by atoms with van der Waals surface area (Å²) >= 11 is 9.23. The van der Waals surface area contributed by atoms with Crippen LogP contribution in [0, 0.1) is 5.82 Å². The summed E-state index contributed by atoms with van der Waals surface area (Å²) in [5.41, 5.74) is 1.46. The number of fused-ring (bicyclic) bond motifs is 1. The van der Waals surface area contributed by atoms with Crippen molar-refractivity contribution >= 4 is 44.9 Å². The monoisotopic (exact) mass is 447 g/mol. The molecule has 0 fully saturated rings. The first-order chi connectivity index (χ1) is 14.1. The van der Waals surface area contributed by atoms with E-state index in [0.717, 1.165) is 27.2 Å². The number of hydrogen-bond donors (Lipinski definition) is 0. The Kier molecular flexibility index (Phi) is 5.84. The van der Waals surface area contributed by atoms with Gasteiger partial charge in [0.15, 0.2) is 0 Å². The molecule has 3 aromatic heterocycles. The van der Waals surface area contributed by atoms with Gasteiger partial charge < -0.3 is 4.74 Å². The van der Waals surface area contributed by atoms with Crippen LogP contribution >= 0.6 is 34.7 Å². The molecule has 0 saturated heterocycles. The molecule has 0 aliphatic carbocycles. The number of rotatable bonds is 6. The second-order valence-electron chi connectivity index (χ2n) is 5.97. The number of benzene rings is 1. The van der Waals surface area contributed by atoms with Crippen molar-refractivity contribution in [2.24, 2.45) is 0 Å². The van der Waals surface area contributed by atoms with Crippen LogP contribution in [0.4, 0.5) is 4.39 Å². The Labute approximate surface area is 179 Å².